The second-order valence-corrected chi connectivity index (χ2v) is 3.39. The number of nitrogens with one attached hydrogen (secondary N) is 1. The molecule has 0 aromatic heterocycles. The summed E-state index contributed by atoms with van der Waals surface area (Å²) >= 11 is 0. The standard InChI is InChI=1S/C12H15NO2/c1-13-12(15)4-2-3-10-5-7-11(9-14)8-6-10/h5-9H,2-4H2,1H3,(H,13,15). The first-order valence-corrected chi connectivity index (χ1v) is 5.01. The molecule has 3 heteroatoms. The second-order valence-electron chi connectivity index (χ2n) is 3.39. The van der Waals surface area contributed by atoms with E-state index in [2.05, 4.69) is 5.32 Å². The molecule has 0 aliphatic rings. The summed E-state index contributed by atoms with van der Waals surface area (Å²) in [4.78, 5) is 21.4. The zero-order valence-corrected chi connectivity index (χ0v) is 8.82. The van der Waals surface area contributed by atoms with E-state index in [0.717, 1.165) is 24.7 Å². The summed E-state index contributed by atoms with van der Waals surface area (Å²) in [6.45, 7) is 0. The Labute approximate surface area is 89.5 Å². The third-order valence-corrected chi connectivity index (χ3v) is 2.26. The zero-order valence-electron chi connectivity index (χ0n) is 8.82. The SMILES string of the molecule is CNC(=O)CCCc1ccc(C=O)cc1. The Balaban J connectivity index is 2.37. The summed E-state index contributed by atoms with van der Waals surface area (Å²) < 4.78 is 0. The van der Waals surface area contributed by atoms with Gasteiger partial charge in [-0.15, -0.1) is 0 Å². The smallest absolute Gasteiger partial charge is 0.219 e. The highest BCUT2D eigenvalue weighted by Crippen LogP contribution is 2.06. The van der Waals surface area contributed by atoms with Crippen LogP contribution in [0.3, 0.4) is 0 Å². The first kappa shape index (κ1) is 11.4. The fraction of sp³-hybridized carbons (Fsp3) is 0.333. The van der Waals surface area contributed by atoms with Gasteiger partial charge >= 0.3 is 0 Å². The number of amides is 1. The molecule has 0 aliphatic heterocycles. The largest absolute Gasteiger partial charge is 0.359 e. The Morgan fingerprint density at radius 1 is 1.33 bits per heavy atom. The minimum atomic E-state index is 0.0690. The fourth-order valence-corrected chi connectivity index (χ4v) is 1.34. The molecule has 0 atom stereocenters. The van der Waals surface area contributed by atoms with Gasteiger partial charge in [0.05, 0.1) is 0 Å². The van der Waals surface area contributed by atoms with E-state index in [1.54, 1.807) is 19.2 Å². The lowest BCUT2D eigenvalue weighted by Gasteiger charge is -2.01. The first-order valence-electron chi connectivity index (χ1n) is 5.01. The third-order valence-electron chi connectivity index (χ3n) is 2.26. The Kier molecular flexibility index (Phi) is 4.54. The Bertz CT molecular complexity index is 330. The molecule has 15 heavy (non-hydrogen) atoms. The summed E-state index contributed by atoms with van der Waals surface area (Å²) in [7, 11) is 1.64. The predicted octanol–water partition coefficient (Wildman–Crippen LogP) is 1.57. The second kappa shape index (κ2) is 5.96. The number of rotatable bonds is 5. The van der Waals surface area contributed by atoms with Gasteiger partial charge in [0.25, 0.3) is 0 Å². The maximum absolute atomic E-state index is 10.9. The summed E-state index contributed by atoms with van der Waals surface area (Å²) in [5, 5.41) is 2.58. The molecule has 0 heterocycles. The van der Waals surface area contributed by atoms with Crippen molar-refractivity contribution in [2.24, 2.45) is 0 Å². The van der Waals surface area contributed by atoms with Crippen LogP contribution in [0.2, 0.25) is 0 Å². The normalized spacial score (nSPS) is 9.67. The molecule has 80 valence electrons. The molecule has 3 nitrogen and oxygen atoms in total. The summed E-state index contributed by atoms with van der Waals surface area (Å²) in [6.07, 6.45) is 3.08. The van der Waals surface area contributed by atoms with Gasteiger partial charge < -0.3 is 5.32 Å². The van der Waals surface area contributed by atoms with Crippen LogP contribution >= 0.6 is 0 Å². The molecule has 1 aromatic rings. The number of carbonyl (C=O) groups is 2. The number of hydrogen-bond acceptors (Lipinski definition) is 2. The van der Waals surface area contributed by atoms with Gasteiger partial charge in [-0.25, -0.2) is 0 Å². The Morgan fingerprint density at radius 2 is 2.00 bits per heavy atom. The summed E-state index contributed by atoms with van der Waals surface area (Å²) in [5.41, 5.74) is 1.84. The van der Waals surface area contributed by atoms with Gasteiger partial charge in [0.15, 0.2) is 0 Å². The Morgan fingerprint density at radius 3 is 2.53 bits per heavy atom. The number of carbonyl (C=O) groups excluding carboxylic acids is 2. The first-order chi connectivity index (χ1) is 7.26. The van der Waals surface area contributed by atoms with Crippen LogP contribution in [-0.4, -0.2) is 19.2 Å². The van der Waals surface area contributed by atoms with Crippen molar-refractivity contribution in [3.8, 4) is 0 Å². The van der Waals surface area contributed by atoms with Crippen LogP contribution in [0, 0.1) is 0 Å². The van der Waals surface area contributed by atoms with Crippen LogP contribution in [0.4, 0.5) is 0 Å². The van der Waals surface area contributed by atoms with E-state index in [9.17, 15) is 9.59 Å². The van der Waals surface area contributed by atoms with Gasteiger partial charge in [-0.05, 0) is 18.4 Å². The van der Waals surface area contributed by atoms with Gasteiger partial charge in [0.1, 0.15) is 6.29 Å². The van der Waals surface area contributed by atoms with Gasteiger partial charge in [-0.1, -0.05) is 24.3 Å². The number of hydrogen-bond donors (Lipinski definition) is 1. The monoisotopic (exact) mass is 205 g/mol. The molecular weight excluding hydrogens is 190 g/mol. The molecule has 0 saturated carbocycles. The van der Waals surface area contributed by atoms with Crippen LogP contribution in [-0.2, 0) is 11.2 Å². The molecule has 0 unspecified atom stereocenters. The maximum atomic E-state index is 10.9. The van der Waals surface area contributed by atoms with Crippen molar-refractivity contribution < 1.29 is 9.59 Å². The molecule has 0 aliphatic carbocycles. The van der Waals surface area contributed by atoms with Gasteiger partial charge in [0.2, 0.25) is 5.91 Å². The average molecular weight is 205 g/mol. The zero-order chi connectivity index (χ0) is 11.1. The highest BCUT2D eigenvalue weighted by molar-refractivity contribution is 5.75. The maximum Gasteiger partial charge on any atom is 0.219 e. The minimum Gasteiger partial charge on any atom is -0.359 e. The van der Waals surface area contributed by atoms with Crippen LogP contribution in [0.5, 0.6) is 0 Å². The molecule has 0 fully saturated rings. The van der Waals surface area contributed by atoms with Crippen molar-refractivity contribution in [3.05, 3.63) is 35.4 Å². The van der Waals surface area contributed by atoms with E-state index < -0.39 is 0 Å². The Hall–Kier alpha value is -1.64. The van der Waals surface area contributed by atoms with Gasteiger partial charge in [-0.3, -0.25) is 9.59 Å². The lowest BCUT2D eigenvalue weighted by Crippen LogP contribution is -2.17. The molecule has 0 spiro atoms. The van der Waals surface area contributed by atoms with Crippen molar-refractivity contribution in [1.82, 2.24) is 5.32 Å². The topological polar surface area (TPSA) is 46.2 Å². The van der Waals surface area contributed by atoms with Crippen molar-refractivity contribution >= 4 is 12.2 Å². The number of aryl methyl sites for hydroxylation is 1. The lowest BCUT2D eigenvalue weighted by atomic mass is 10.1. The molecule has 1 N–H and O–H groups in total. The molecule has 1 rings (SSSR count). The van der Waals surface area contributed by atoms with Crippen LogP contribution in [0.15, 0.2) is 24.3 Å². The molecule has 0 radical (unpaired) electrons. The number of benzene rings is 1. The van der Waals surface area contributed by atoms with E-state index in [0.29, 0.717) is 12.0 Å². The van der Waals surface area contributed by atoms with E-state index in [1.807, 2.05) is 12.1 Å². The summed E-state index contributed by atoms with van der Waals surface area (Å²) in [5.74, 6) is 0.0690. The predicted molar refractivity (Wildman–Crippen MR) is 58.8 cm³/mol. The average Bonchev–Trinajstić information content (AvgIpc) is 2.29. The minimum absolute atomic E-state index is 0.0690. The van der Waals surface area contributed by atoms with Gasteiger partial charge in [-0.2, -0.15) is 0 Å². The molecule has 1 amide bonds. The van der Waals surface area contributed by atoms with Crippen LogP contribution < -0.4 is 5.32 Å². The molecule has 0 bridgehead atoms. The van der Waals surface area contributed by atoms with Crippen LogP contribution in [0.1, 0.15) is 28.8 Å². The van der Waals surface area contributed by atoms with Crippen LogP contribution in [0.25, 0.3) is 0 Å². The molecule has 1 aromatic carbocycles. The quantitative estimate of drug-likeness (QED) is 0.741. The van der Waals surface area contributed by atoms with Crippen molar-refractivity contribution in [1.29, 1.82) is 0 Å². The van der Waals surface area contributed by atoms with E-state index in [4.69, 9.17) is 0 Å². The van der Waals surface area contributed by atoms with Crippen molar-refractivity contribution in [2.45, 2.75) is 19.3 Å². The number of aldehydes is 1. The van der Waals surface area contributed by atoms with Crippen molar-refractivity contribution in [2.75, 3.05) is 7.05 Å². The van der Waals surface area contributed by atoms with Gasteiger partial charge in [0, 0.05) is 19.0 Å². The third kappa shape index (κ3) is 3.94. The lowest BCUT2D eigenvalue weighted by molar-refractivity contribution is -0.120. The molecular formula is C12H15NO2. The van der Waals surface area contributed by atoms with E-state index >= 15 is 0 Å². The van der Waals surface area contributed by atoms with E-state index in [-0.39, 0.29) is 5.91 Å². The van der Waals surface area contributed by atoms with Crippen molar-refractivity contribution in [3.63, 3.8) is 0 Å². The summed E-state index contributed by atoms with van der Waals surface area (Å²) in [6, 6.07) is 7.44. The van der Waals surface area contributed by atoms with E-state index in [1.165, 1.54) is 0 Å². The highest BCUT2D eigenvalue weighted by Gasteiger charge is 1.98. The fourth-order valence-electron chi connectivity index (χ4n) is 1.34. The molecule has 0 saturated heterocycles. The highest BCUT2D eigenvalue weighted by atomic mass is 16.1.